The van der Waals surface area contributed by atoms with Crippen LogP contribution in [0.1, 0.15) is 12.6 Å². The predicted octanol–water partition coefficient (Wildman–Crippen LogP) is 2.45. The molecule has 64 valence electrons. The first-order valence-corrected chi connectivity index (χ1v) is 4.93. The molecule has 2 rings (SSSR count). The second-order valence-corrected chi connectivity index (χ2v) is 4.25. The molecule has 0 aliphatic carbocycles. The summed E-state index contributed by atoms with van der Waals surface area (Å²) in [4.78, 5) is 4.36. The topological polar surface area (TPSA) is 24.9 Å². The van der Waals surface area contributed by atoms with Gasteiger partial charge < -0.3 is 5.32 Å². The number of rotatable bonds is 0. The van der Waals surface area contributed by atoms with E-state index in [9.17, 15) is 0 Å². The van der Waals surface area contributed by atoms with Gasteiger partial charge in [-0.3, -0.25) is 4.98 Å². The smallest absolute Gasteiger partial charge is 0.0638 e. The fourth-order valence-corrected chi connectivity index (χ4v) is 1.80. The van der Waals surface area contributed by atoms with Crippen molar-refractivity contribution in [2.75, 3.05) is 11.9 Å². The number of aromatic nitrogens is 1. The highest BCUT2D eigenvalue weighted by Crippen LogP contribution is 2.25. The van der Waals surface area contributed by atoms with Crippen molar-refractivity contribution < 1.29 is 0 Å². The number of anilines is 1. The number of fused-ring (bicyclic) bond motifs is 1. The van der Waals surface area contributed by atoms with Crippen LogP contribution in [0, 0.1) is 5.92 Å². The molecule has 1 aliphatic rings. The minimum absolute atomic E-state index is 0.700. The van der Waals surface area contributed by atoms with Crippen LogP contribution in [0.15, 0.2) is 16.7 Å². The summed E-state index contributed by atoms with van der Waals surface area (Å²) in [7, 11) is 0. The Kier molecular flexibility index (Phi) is 2.05. The molecule has 0 spiro atoms. The summed E-state index contributed by atoms with van der Waals surface area (Å²) >= 11 is 3.40. The van der Waals surface area contributed by atoms with Crippen molar-refractivity contribution in [1.29, 1.82) is 0 Å². The zero-order valence-corrected chi connectivity index (χ0v) is 8.56. The van der Waals surface area contributed by atoms with E-state index < -0.39 is 0 Å². The average Bonchev–Trinajstić information content (AvgIpc) is 2.05. The van der Waals surface area contributed by atoms with Crippen LogP contribution in [0.2, 0.25) is 0 Å². The van der Waals surface area contributed by atoms with Gasteiger partial charge in [0.2, 0.25) is 0 Å². The molecule has 0 aromatic carbocycles. The number of hydrogen-bond acceptors (Lipinski definition) is 2. The standard InChI is InChI=1S/C9H11BrN2/c1-6-2-8-9(11-4-6)3-7(10)5-12-8/h3,5-6,11H,2,4H2,1H3. The van der Waals surface area contributed by atoms with Crippen LogP contribution in [0.5, 0.6) is 0 Å². The minimum atomic E-state index is 0.700. The van der Waals surface area contributed by atoms with Gasteiger partial charge >= 0.3 is 0 Å². The summed E-state index contributed by atoms with van der Waals surface area (Å²) < 4.78 is 1.04. The summed E-state index contributed by atoms with van der Waals surface area (Å²) in [6.45, 7) is 3.30. The molecule has 0 amide bonds. The lowest BCUT2D eigenvalue weighted by atomic mass is 10.0. The fraction of sp³-hybridized carbons (Fsp3) is 0.444. The fourth-order valence-electron chi connectivity index (χ4n) is 1.47. The van der Waals surface area contributed by atoms with Crippen molar-refractivity contribution in [3.8, 4) is 0 Å². The van der Waals surface area contributed by atoms with Gasteiger partial charge in [0, 0.05) is 17.2 Å². The highest BCUT2D eigenvalue weighted by Gasteiger charge is 2.15. The van der Waals surface area contributed by atoms with Crippen molar-refractivity contribution in [2.24, 2.45) is 5.92 Å². The lowest BCUT2D eigenvalue weighted by Crippen LogP contribution is -2.21. The lowest BCUT2D eigenvalue weighted by Gasteiger charge is -2.22. The van der Waals surface area contributed by atoms with Gasteiger partial charge in [0.25, 0.3) is 0 Å². The highest BCUT2D eigenvalue weighted by molar-refractivity contribution is 9.10. The van der Waals surface area contributed by atoms with E-state index in [1.807, 2.05) is 6.20 Å². The molecule has 0 saturated carbocycles. The maximum Gasteiger partial charge on any atom is 0.0638 e. The zero-order valence-electron chi connectivity index (χ0n) is 6.97. The quantitative estimate of drug-likeness (QED) is 0.736. The van der Waals surface area contributed by atoms with Crippen LogP contribution in [-0.4, -0.2) is 11.5 Å². The number of halogens is 1. The van der Waals surface area contributed by atoms with Crippen molar-refractivity contribution >= 4 is 21.6 Å². The molecule has 0 saturated heterocycles. The predicted molar refractivity (Wildman–Crippen MR) is 53.3 cm³/mol. The van der Waals surface area contributed by atoms with Gasteiger partial charge in [0.15, 0.2) is 0 Å². The molecule has 0 fully saturated rings. The normalized spacial score (nSPS) is 21.3. The van der Waals surface area contributed by atoms with E-state index in [1.165, 1.54) is 11.4 Å². The SMILES string of the molecule is CC1CNc2cc(Br)cnc2C1. The van der Waals surface area contributed by atoms with Crippen molar-refractivity contribution in [3.05, 3.63) is 22.4 Å². The van der Waals surface area contributed by atoms with E-state index in [2.05, 4.69) is 39.2 Å². The third-order valence-corrected chi connectivity index (χ3v) is 2.55. The number of nitrogens with one attached hydrogen (secondary N) is 1. The molecule has 2 nitrogen and oxygen atoms in total. The molecule has 1 aromatic rings. The van der Waals surface area contributed by atoms with E-state index >= 15 is 0 Å². The number of nitrogens with zero attached hydrogens (tertiary/aromatic N) is 1. The van der Waals surface area contributed by atoms with Crippen LogP contribution >= 0.6 is 15.9 Å². The van der Waals surface area contributed by atoms with Gasteiger partial charge in [-0.05, 0) is 34.3 Å². The van der Waals surface area contributed by atoms with Crippen LogP contribution in [0.25, 0.3) is 0 Å². The summed E-state index contributed by atoms with van der Waals surface area (Å²) in [6, 6.07) is 2.09. The zero-order chi connectivity index (χ0) is 8.55. The molecule has 0 radical (unpaired) electrons. The van der Waals surface area contributed by atoms with E-state index in [4.69, 9.17) is 0 Å². The lowest BCUT2D eigenvalue weighted by molar-refractivity contribution is 0.583. The van der Waals surface area contributed by atoms with Gasteiger partial charge in [0.05, 0.1) is 11.4 Å². The van der Waals surface area contributed by atoms with Crippen molar-refractivity contribution in [1.82, 2.24) is 4.98 Å². The third kappa shape index (κ3) is 1.46. The molecule has 0 bridgehead atoms. The van der Waals surface area contributed by atoms with E-state index in [0.29, 0.717) is 5.92 Å². The Labute approximate surface area is 80.5 Å². The van der Waals surface area contributed by atoms with E-state index in [-0.39, 0.29) is 0 Å². The average molecular weight is 227 g/mol. The molecule has 12 heavy (non-hydrogen) atoms. The van der Waals surface area contributed by atoms with Gasteiger partial charge in [0.1, 0.15) is 0 Å². The molecule has 1 unspecified atom stereocenters. The second kappa shape index (κ2) is 3.05. The van der Waals surface area contributed by atoms with Gasteiger partial charge in [-0.15, -0.1) is 0 Å². The number of pyridine rings is 1. The highest BCUT2D eigenvalue weighted by atomic mass is 79.9. The van der Waals surface area contributed by atoms with Crippen LogP contribution in [-0.2, 0) is 6.42 Å². The van der Waals surface area contributed by atoms with Gasteiger partial charge in [-0.25, -0.2) is 0 Å². The maximum atomic E-state index is 4.36. The molecule has 1 aliphatic heterocycles. The first-order chi connectivity index (χ1) is 5.75. The Morgan fingerprint density at radius 1 is 1.67 bits per heavy atom. The summed E-state index contributed by atoms with van der Waals surface area (Å²) in [5, 5.41) is 3.36. The first-order valence-electron chi connectivity index (χ1n) is 4.14. The van der Waals surface area contributed by atoms with Crippen molar-refractivity contribution in [2.45, 2.75) is 13.3 Å². The van der Waals surface area contributed by atoms with Crippen LogP contribution in [0.4, 0.5) is 5.69 Å². The number of hydrogen-bond donors (Lipinski definition) is 1. The van der Waals surface area contributed by atoms with Crippen LogP contribution in [0.3, 0.4) is 0 Å². The molecule has 1 atom stereocenters. The molecule has 1 N–H and O–H groups in total. The Bertz CT molecular complexity index is 299. The van der Waals surface area contributed by atoms with Gasteiger partial charge in [-0.2, -0.15) is 0 Å². The van der Waals surface area contributed by atoms with Crippen LogP contribution < -0.4 is 5.32 Å². The molecule has 3 heteroatoms. The largest absolute Gasteiger partial charge is 0.383 e. The Balaban J connectivity index is 2.37. The monoisotopic (exact) mass is 226 g/mol. The van der Waals surface area contributed by atoms with Gasteiger partial charge in [-0.1, -0.05) is 6.92 Å². The summed E-state index contributed by atoms with van der Waals surface area (Å²) in [5.41, 5.74) is 2.37. The molecule has 1 aromatic heterocycles. The maximum absolute atomic E-state index is 4.36. The second-order valence-electron chi connectivity index (χ2n) is 3.34. The summed E-state index contributed by atoms with van der Waals surface area (Å²) in [5.74, 6) is 0.700. The first kappa shape index (κ1) is 8.05. The van der Waals surface area contributed by atoms with E-state index in [0.717, 1.165) is 17.4 Å². The van der Waals surface area contributed by atoms with Crippen molar-refractivity contribution in [3.63, 3.8) is 0 Å². The molecular formula is C9H11BrN2. The Hall–Kier alpha value is -0.570. The molecule has 2 heterocycles. The Morgan fingerprint density at radius 3 is 3.33 bits per heavy atom. The van der Waals surface area contributed by atoms with E-state index in [1.54, 1.807) is 0 Å². The third-order valence-electron chi connectivity index (χ3n) is 2.12. The molecular weight excluding hydrogens is 216 g/mol. The Morgan fingerprint density at radius 2 is 2.50 bits per heavy atom. The summed E-state index contributed by atoms with van der Waals surface area (Å²) in [6.07, 6.45) is 2.95. The minimum Gasteiger partial charge on any atom is -0.383 e.